The van der Waals surface area contributed by atoms with Crippen molar-refractivity contribution in [1.29, 1.82) is 0 Å². The van der Waals surface area contributed by atoms with E-state index in [1.807, 2.05) is 19.1 Å². The first-order valence-corrected chi connectivity index (χ1v) is 11.8. The number of hydrogen-bond donors (Lipinski definition) is 2. The Morgan fingerprint density at radius 3 is 2.52 bits per heavy atom. The molecule has 1 aliphatic rings. The predicted molar refractivity (Wildman–Crippen MR) is 129 cm³/mol. The summed E-state index contributed by atoms with van der Waals surface area (Å²) in [6, 6.07) is 6.01. The molecule has 0 spiro atoms. The number of nitrogens with one attached hydrogen (secondary N) is 2. The van der Waals surface area contributed by atoms with Gasteiger partial charge < -0.3 is 20.1 Å². The molecule has 2 N–H and O–H groups in total. The van der Waals surface area contributed by atoms with Crippen molar-refractivity contribution in [2.24, 2.45) is 10.4 Å². The molecular formula is C20H34IN3O4S. The summed E-state index contributed by atoms with van der Waals surface area (Å²) in [6.07, 6.45) is 5.04. The van der Waals surface area contributed by atoms with E-state index in [1.54, 1.807) is 14.2 Å². The van der Waals surface area contributed by atoms with Crippen LogP contribution in [0.25, 0.3) is 0 Å². The van der Waals surface area contributed by atoms with E-state index in [2.05, 4.69) is 21.7 Å². The molecule has 9 heteroatoms. The van der Waals surface area contributed by atoms with Crippen LogP contribution in [0.3, 0.4) is 0 Å². The second-order valence-corrected chi connectivity index (χ2v) is 9.58. The minimum Gasteiger partial charge on any atom is -0.493 e. The number of benzene rings is 1. The van der Waals surface area contributed by atoms with E-state index in [0.29, 0.717) is 19.1 Å². The van der Waals surface area contributed by atoms with Crippen LogP contribution in [0.1, 0.15) is 31.7 Å². The van der Waals surface area contributed by atoms with Gasteiger partial charge in [0.25, 0.3) is 0 Å². The summed E-state index contributed by atoms with van der Waals surface area (Å²) in [5, 5.41) is 6.57. The van der Waals surface area contributed by atoms with Gasteiger partial charge in [-0.1, -0.05) is 6.07 Å². The average Bonchev–Trinajstić information content (AvgIpc) is 3.39. The molecule has 0 atom stereocenters. The minimum absolute atomic E-state index is 0. The van der Waals surface area contributed by atoms with E-state index in [9.17, 15) is 8.42 Å². The van der Waals surface area contributed by atoms with Crippen molar-refractivity contribution in [1.82, 2.24) is 10.6 Å². The smallest absolute Gasteiger partial charge is 0.190 e. The Hall–Kier alpha value is -1.23. The first-order chi connectivity index (χ1) is 13.3. The van der Waals surface area contributed by atoms with E-state index in [4.69, 9.17) is 9.47 Å². The number of hydrogen-bond acceptors (Lipinski definition) is 5. The highest BCUT2D eigenvalue weighted by Crippen LogP contribution is 2.45. The van der Waals surface area contributed by atoms with Crippen LogP contribution in [0.4, 0.5) is 0 Å². The van der Waals surface area contributed by atoms with Crippen molar-refractivity contribution < 1.29 is 17.9 Å². The first-order valence-electron chi connectivity index (χ1n) is 9.73. The number of guanidine groups is 1. The maximum absolute atomic E-state index is 11.6. The Labute approximate surface area is 192 Å². The Balaban J connectivity index is 0.00000420. The van der Waals surface area contributed by atoms with E-state index >= 15 is 0 Å². The number of aliphatic imine (C=N–C) groups is 1. The molecule has 1 fully saturated rings. The number of halogens is 1. The zero-order valence-electron chi connectivity index (χ0n) is 17.8. The van der Waals surface area contributed by atoms with Gasteiger partial charge in [0.05, 0.1) is 19.5 Å². The van der Waals surface area contributed by atoms with Gasteiger partial charge in [0.15, 0.2) is 17.5 Å². The second kappa shape index (κ2) is 11.8. The van der Waals surface area contributed by atoms with Crippen molar-refractivity contribution in [3.05, 3.63) is 23.8 Å². The molecule has 7 nitrogen and oxygen atoms in total. The predicted octanol–water partition coefficient (Wildman–Crippen LogP) is 2.63. The number of ether oxygens (including phenoxy) is 2. The van der Waals surface area contributed by atoms with E-state index in [0.717, 1.165) is 43.7 Å². The van der Waals surface area contributed by atoms with Gasteiger partial charge in [-0.15, -0.1) is 24.0 Å². The van der Waals surface area contributed by atoms with Crippen LogP contribution >= 0.6 is 24.0 Å². The summed E-state index contributed by atoms with van der Waals surface area (Å²) >= 11 is 0. The zero-order chi connectivity index (χ0) is 20.6. The summed E-state index contributed by atoms with van der Waals surface area (Å²) < 4.78 is 34.1. The van der Waals surface area contributed by atoms with Gasteiger partial charge in [0.1, 0.15) is 9.84 Å². The quantitative estimate of drug-likeness (QED) is 0.195. The van der Waals surface area contributed by atoms with E-state index in [-0.39, 0.29) is 35.1 Å². The number of aryl methyl sites for hydroxylation is 1. The van der Waals surface area contributed by atoms with Crippen molar-refractivity contribution in [2.75, 3.05) is 45.9 Å². The third-order valence-corrected chi connectivity index (χ3v) is 5.98. The highest BCUT2D eigenvalue weighted by Gasteiger charge is 2.45. The van der Waals surface area contributed by atoms with Crippen molar-refractivity contribution in [2.45, 2.75) is 32.6 Å². The average molecular weight is 539 g/mol. The van der Waals surface area contributed by atoms with Crippen LogP contribution in [0.2, 0.25) is 0 Å². The normalized spacial score (nSPS) is 15.2. The third-order valence-electron chi connectivity index (χ3n) is 4.84. The maximum Gasteiger partial charge on any atom is 0.190 e. The lowest BCUT2D eigenvalue weighted by Crippen LogP contribution is -2.42. The van der Waals surface area contributed by atoms with Gasteiger partial charge >= 0.3 is 0 Å². The van der Waals surface area contributed by atoms with Gasteiger partial charge in [-0.05, 0) is 50.3 Å². The fourth-order valence-electron chi connectivity index (χ4n) is 3.24. The van der Waals surface area contributed by atoms with Crippen LogP contribution in [0, 0.1) is 5.41 Å². The van der Waals surface area contributed by atoms with Crippen molar-refractivity contribution in [3.8, 4) is 11.5 Å². The van der Waals surface area contributed by atoms with Crippen LogP contribution < -0.4 is 20.1 Å². The minimum atomic E-state index is -2.96. The van der Waals surface area contributed by atoms with Crippen LogP contribution in [0.5, 0.6) is 11.5 Å². The van der Waals surface area contributed by atoms with Gasteiger partial charge in [-0.2, -0.15) is 0 Å². The molecule has 166 valence electrons. The number of methoxy groups -OCH3 is 1. The molecule has 0 unspecified atom stereocenters. The van der Waals surface area contributed by atoms with Gasteiger partial charge in [0.2, 0.25) is 0 Å². The van der Waals surface area contributed by atoms with E-state index < -0.39 is 9.84 Å². The molecule has 0 radical (unpaired) electrons. The van der Waals surface area contributed by atoms with Crippen LogP contribution in [0.15, 0.2) is 23.2 Å². The molecule has 1 aromatic rings. The standard InChI is InChI=1S/C20H33N3O4S.HI/c1-5-27-18-13-16(8-9-17(18)26-3)7-6-12-22-19(21-2)23-14-20(10-11-20)15-28(4,24)25;/h8-9,13H,5-7,10-12,14-15H2,1-4H3,(H2,21,22,23);1H. The molecule has 1 aliphatic carbocycles. The molecule has 0 amide bonds. The molecule has 0 aliphatic heterocycles. The Bertz CT molecular complexity index is 780. The lowest BCUT2D eigenvalue weighted by molar-refractivity contribution is 0.310. The number of nitrogens with zero attached hydrogens (tertiary/aromatic N) is 1. The molecular weight excluding hydrogens is 505 g/mol. The largest absolute Gasteiger partial charge is 0.493 e. The molecule has 2 rings (SSSR count). The van der Waals surface area contributed by atoms with Crippen LogP contribution in [-0.2, 0) is 16.3 Å². The maximum atomic E-state index is 11.6. The molecule has 1 aromatic carbocycles. The van der Waals surface area contributed by atoms with Gasteiger partial charge in [-0.3, -0.25) is 4.99 Å². The molecule has 0 aromatic heterocycles. The SMILES string of the molecule is CCOc1cc(CCCNC(=NC)NCC2(CS(C)(=O)=O)CC2)ccc1OC.I. The van der Waals surface area contributed by atoms with Gasteiger partial charge in [0, 0.05) is 31.8 Å². The highest BCUT2D eigenvalue weighted by molar-refractivity contribution is 14.0. The fourth-order valence-corrected chi connectivity index (χ4v) is 4.74. The van der Waals surface area contributed by atoms with Crippen LogP contribution in [-0.4, -0.2) is 60.2 Å². The summed E-state index contributed by atoms with van der Waals surface area (Å²) in [6.45, 7) is 3.96. The number of rotatable bonds is 11. The second-order valence-electron chi connectivity index (χ2n) is 7.44. The molecule has 29 heavy (non-hydrogen) atoms. The third kappa shape index (κ3) is 8.98. The Morgan fingerprint density at radius 1 is 1.24 bits per heavy atom. The van der Waals surface area contributed by atoms with Crippen molar-refractivity contribution >= 4 is 39.8 Å². The topological polar surface area (TPSA) is 89.0 Å². The summed E-state index contributed by atoms with van der Waals surface area (Å²) in [7, 11) is 0.408. The fraction of sp³-hybridized carbons (Fsp3) is 0.650. The zero-order valence-corrected chi connectivity index (χ0v) is 20.9. The lowest BCUT2D eigenvalue weighted by atomic mass is 10.1. The summed E-state index contributed by atoms with van der Waals surface area (Å²) in [4.78, 5) is 4.23. The molecule has 1 saturated carbocycles. The Morgan fingerprint density at radius 2 is 1.97 bits per heavy atom. The summed E-state index contributed by atoms with van der Waals surface area (Å²) in [5.74, 6) is 2.47. The Kier molecular flexibility index (Phi) is 10.5. The highest BCUT2D eigenvalue weighted by atomic mass is 127. The van der Waals surface area contributed by atoms with Crippen molar-refractivity contribution in [3.63, 3.8) is 0 Å². The summed E-state index contributed by atoms with van der Waals surface area (Å²) in [5.41, 5.74) is 1.07. The first kappa shape index (κ1) is 25.8. The molecule has 0 bridgehead atoms. The van der Waals surface area contributed by atoms with Gasteiger partial charge in [-0.25, -0.2) is 8.42 Å². The number of sulfone groups is 1. The monoisotopic (exact) mass is 539 g/mol. The van der Waals surface area contributed by atoms with E-state index in [1.165, 1.54) is 11.8 Å². The molecule has 0 heterocycles. The molecule has 0 saturated heterocycles. The lowest BCUT2D eigenvalue weighted by Gasteiger charge is -2.18.